The lowest BCUT2D eigenvalue weighted by Crippen LogP contribution is -2.40. The first-order valence-corrected chi connectivity index (χ1v) is 5.74. The molecule has 1 aromatic carbocycles. The zero-order valence-electron chi connectivity index (χ0n) is 9.72. The van der Waals surface area contributed by atoms with E-state index in [2.05, 4.69) is 0 Å². The fourth-order valence-corrected chi connectivity index (χ4v) is 2.07. The number of aliphatic hydroxyl groups is 1. The number of anilines is 1. The lowest BCUT2D eigenvalue weighted by molar-refractivity contribution is -0.129. The van der Waals surface area contributed by atoms with Gasteiger partial charge in [0.05, 0.1) is 11.8 Å². The summed E-state index contributed by atoms with van der Waals surface area (Å²) in [6.45, 7) is 1.62. The SMILES string of the molecule is CC(O)c1ccccc1N1C(=O)CCCC1=O. The molecule has 4 nitrogen and oxygen atoms in total. The van der Waals surface area contributed by atoms with E-state index in [1.165, 1.54) is 4.90 Å². The molecule has 1 aliphatic rings. The number of benzene rings is 1. The summed E-state index contributed by atoms with van der Waals surface area (Å²) in [7, 11) is 0. The van der Waals surface area contributed by atoms with Crippen LogP contribution in [0.15, 0.2) is 24.3 Å². The first-order chi connectivity index (χ1) is 8.11. The fourth-order valence-electron chi connectivity index (χ4n) is 2.07. The molecule has 0 aromatic heterocycles. The zero-order valence-corrected chi connectivity index (χ0v) is 9.72. The standard InChI is InChI=1S/C13H15NO3/c1-9(15)10-5-2-3-6-11(10)14-12(16)7-4-8-13(14)17/h2-3,5-6,9,15H,4,7-8H2,1H3. The van der Waals surface area contributed by atoms with Crippen molar-refractivity contribution in [1.82, 2.24) is 0 Å². The van der Waals surface area contributed by atoms with Gasteiger partial charge in [-0.15, -0.1) is 0 Å². The first-order valence-electron chi connectivity index (χ1n) is 5.74. The van der Waals surface area contributed by atoms with Crippen LogP contribution in [0.1, 0.15) is 37.9 Å². The van der Waals surface area contributed by atoms with Gasteiger partial charge in [0.2, 0.25) is 11.8 Å². The summed E-state index contributed by atoms with van der Waals surface area (Å²) in [5.74, 6) is -0.372. The predicted molar refractivity (Wildman–Crippen MR) is 63.4 cm³/mol. The van der Waals surface area contributed by atoms with Crippen LogP contribution in [0.2, 0.25) is 0 Å². The van der Waals surface area contributed by atoms with E-state index in [0.29, 0.717) is 30.5 Å². The smallest absolute Gasteiger partial charge is 0.233 e. The van der Waals surface area contributed by atoms with E-state index in [1.54, 1.807) is 31.2 Å². The monoisotopic (exact) mass is 233 g/mol. The third-order valence-corrected chi connectivity index (χ3v) is 2.91. The van der Waals surface area contributed by atoms with Crippen molar-refractivity contribution in [3.8, 4) is 0 Å². The predicted octanol–water partition coefficient (Wildman–Crippen LogP) is 1.78. The number of carbonyl (C=O) groups excluding carboxylic acids is 2. The molecule has 1 atom stereocenters. The van der Waals surface area contributed by atoms with Gasteiger partial charge in [-0.1, -0.05) is 18.2 Å². The maximum absolute atomic E-state index is 11.8. The quantitative estimate of drug-likeness (QED) is 0.792. The van der Waals surface area contributed by atoms with Gasteiger partial charge in [0.25, 0.3) is 0 Å². The number of para-hydroxylation sites is 1. The minimum atomic E-state index is -0.700. The number of nitrogens with zero attached hydrogens (tertiary/aromatic N) is 1. The topological polar surface area (TPSA) is 57.6 Å². The van der Waals surface area contributed by atoms with Crippen LogP contribution in [0.4, 0.5) is 5.69 Å². The van der Waals surface area contributed by atoms with Crippen molar-refractivity contribution in [3.05, 3.63) is 29.8 Å². The second-order valence-corrected chi connectivity index (χ2v) is 4.21. The van der Waals surface area contributed by atoms with E-state index in [-0.39, 0.29) is 11.8 Å². The maximum Gasteiger partial charge on any atom is 0.233 e. The number of aliphatic hydroxyl groups excluding tert-OH is 1. The van der Waals surface area contributed by atoms with Crippen molar-refractivity contribution < 1.29 is 14.7 Å². The molecular formula is C13H15NO3. The zero-order chi connectivity index (χ0) is 12.4. The Bertz CT molecular complexity index is 438. The highest BCUT2D eigenvalue weighted by molar-refractivity contribution is 6.16. The van der Waals surface area contributed by atoms with E-state index in [4.69, 9.17) is 0 Å². The molecule has 2 amide bonds. The molecule has 1 fully saturated rings. The summed E-state index contributed by atoms with van der Waals surface area (Å²) in [4.78, 5) is 24.8. The summed E-state index contributed by atoms with van der Waals surface area (Å²) in [5, 5.41) is 9.66. The van der Waals surface area contributed by atoms with Crippen LogP contribution in [-0.4, -0.2) is 16.9 Å². The van der Waals surface area contributed by atoms with Gasteiger partial charge in [-0.3, -0.25) is 14.5 Å². The number of piperidine rings is 1. The van der Waals surface area contributed by atoms with Crippen LogP contribution in [0, 0.1) is 0 Å². The van der Waals surface area contributed by atoms with E-state index in [9.17, 15) is 14.7 Å². The Morgan fingerprint density at radius 1 is 1.18 bits per heavy atom. The molecule has 0 spiro atoms. The van der Waals surface area contributed by atoms with E-state index in [0.717, 1.165) is 0 Å². The molecule has 1 aliphatic heterocycles. The maximum atomic E-state index is 11.8. The molecule has 2 rings (SSSR count). The Balaban J connectivity index is 2.44. The molecule has 17 heavy (non-hydrogen) atoms. The fraction of sp³-hybridized carbons (Fsp3) is 0.385. The molecule has 1 N–H and O–H groups in total. The van der Waals surface area contributed by atoms with Gasteiger partial charge >= 0.3 is 0 Å². The van der Waals surface area contributed by atoms with Crippen molar-refractivity contribution in [1.29, 1.82) is 0 Å². The lowest BCUT2D eigenvalue weighted by Gasteiger charge is -2.27. The molecule has 1 heterocycles. The highest BCUT2D eigenvalue weighted by Crippen LogP contribution is 2.29. The van der Waals surface area contributed by atoms with Crippen LogP contribution < -0.4 is 4.90 Å². The lowest BCUT2D eigenvalue weighted by atomic mass is 10.0. The van der Waals surface area contributed by atoms with Gasteiger partial charge in [-0.05, 0) is 19.4 Å². The molecule has 0 radical (unpaired) electrons. The first kappa shape index (κ1) is 11.8. The summed E-state index contributed by atoms with van der Waals surface area (Å²) in [5.41, 5.74) is 1.12. The molecule has 1 saturated heterocycles. The van der Waals surface area contributed by atoms with E-state index < -0.39 is 6.10 Å². The molecule has 0 bridgehead atoms. The molecule has 4 heteroatoms. The second kappa shape index (κ2) is 4.67. The van der Waals surface area contributed by atoms with Crippen LogP contribution in [-0.2, 0) is 9.59 Å². The van der Waals surface area contributed by atoms with Crippen molar-refractivity contribution in [3.63, 3.8) is 0 Å². The summed E-state index contributed by atoms with van der Waals surface area (Å²) in [6.07, 6.45) is 0.693. The minimum Gasteiger partial charge on any atom is -0.389 e. The largest absolute Gasteiger partial charge is 0.389 e. The van der Waals surface area contributed by atoms with Crippen LogP contribution in [0.5, 0.6) is 0 Å². The average molecular weight is 233 g/mol. The molecule has 0 saturated carbocycles. The minimum absolute atomic E-state index is 0.186. The highest BCUT2D eigenvalue weighted by Gasteiger charge is 2.29. The number of rotatable bonds is 2. The molecule has 0 aliphatic carbocycles. The molecule has 1 unspecified atom stereocenters. The van der Waals surface area contributed by atoms with E-state index in [1.807, 2.05) is 0 Å². The number of amides is 2. The Labute approximate surface area is 99.9 Å². The van der Waals surface area contributed by atoms with Crippen LogP contribution >= 0.6 is 0 Å². The van der Waals surface area contributed by atoms with Gasteiger partial charge in [0.1, 0.15) is 0 Å². The summed E-state index contributed by atoms with van der Waals surface area (Å²) >= 11 is 0. The normalized spacial score (nSPS) is 18.4. The third kappa shape index (κ3) is 2.22. The van der Waals surface area contributed by atoms with Gasteiger partial charge in [-0.25, -0.2) is 0 Å². The Morgan fingerprint density at radius 2 is 1.76 bits per heavy atom. The second-order valence-electron chi connectivity index (χ2n) is 4.21. The Hall–Kier alpha value is -1.68. The summed E-state index contributed by atoms with van der Waals surface area (Å²) in [6, 6.07) is 6.97. The van der Waals surface area contributed by atoms with Gasteiger partial charge in [0, 0.05) is 18.4 Å². The van der Waals surface area contributed by atoms with Crippen molar-refractivity contribution in [2.75, 3.05) is 4.90 Å². The number of hydrogen-bond acceptors (Lipinski definition) is 3. The number of hydrogen-bond donors (Lipinski definition) is 1. The van der Waals surface area contributed by atoms with Crippen LogP contribution in [0.3, 0.4) is 0 Å². The summed E-state index contributed by atoms with van der Waals surface area (Å²) < 4.78 is 0. The number of imide groups is 1. The van der Waals surface area contributed by atoms with Crippen molar-refractivity contribution >= 4 is 17.5 Å². The highest BCUT2D eigenvalue weighted by atomic mass is 16.3. The van der Waals surface area contributed by atoms with Gasteiger partial charge < -0.3 is 5.11 Å². The Kier molecular flexibility index (Phi) is 3.24. The van der Waals surface area contributed by atoms with Gasteiger partial charge in [-0.2, -0.15) is 0 Å². The van der Waals surface area contributed by atoms with Gasteiger partial charge in [0.15, 0.2) is 0 Å². The van der Waals surface area contributed by atoms with Crippen LogP contribution in [0.25, 0.3) is 0 Å². The molecule has 1 aromatic rings. The van der Waals surface area contributed by atoms with Crippen molar-refractivity contribution in [2.45, 2.75) is 32.3 Å². The number of carbonyl (C=O) groups is 2. The third-order valence-electron chi connectivity index (χ3n) is 2.91. The van der Waals surface area contributed by atoms with E-state index >= 15 is 0 Å². The Morgan fingerprint density at radius 3 is 2.35 bits per heavy atom. The molecule has 90 valence electrons. The average Bonchev–Trinajstić information content (AvgIpc) is 2.29. The van der Waals surface area contributed by atoms with Crippen molar-refractivity contribution in [2.24, 2.45) is 0 Å². The molecular weight excluding hydrogens is 218 g/mol.